The average molecular weight is 519 g/mol. The molecule has 15 heteroatoms. The van der Waals surface area contributed by atoms with Crippen molar-refractivity contribution in [3.8, 4) is 0 Å². The number of hydrogen-bond donors (Lipinski definition) is 2. The van der Waals surface area contributed by atoms with Crippen LogP contribution >= 0.6 is 11.3 Å². The molecular formula is C20H22N8O5S2. The summed E-state index contributed by atoms with van der Waals surface area (Å²) in [6.45, 7) is 1.76. The van der Waals surface area contributed by atoms with Crippen molar-refractivity contribution in [2.75, 3.05) is 11.9 Å². The topological polar surface area (TPSA) is 163 Å². The zero-order chi connectivity index (χ0) is 25.3. The quantitative estimate of drug-likeness (QED) is 0.323. The molecule has 1 aromatic carbocycles. The van der Waals surface area contributed by atoms with Crippen molar-refractivity contribution in [1.29, 1.82) is 0 Å². The van der Waals surface area contributed by atoms with E-state index in [0.29, 0.717) is 5.01 Å². The summed E-state index contributed by atoms with van der Waals surface area (Å²) >= 11 is 1.11. The van der Waals surface area contributed by atoms with E-state index in [4.69, 9.17) is 0 Å². The van der Waals surface area contributed by atoms with Crippen LogP contribution in [0.1, 0.15) is 10.6 Å². The fourth-order valence-corrected chi connectivity index (χ4v) is 5.12. The van der Waals surface area contributed by atoms with E-state index in [1.165, 1.54) is 41.7 Å². The first-order valence-electron chi connectivity index (χ1n) is 10.4. The third-order valence-electron chi connectivity index (χ3n) is 5.21. The Morgan fingerprint density at radius 2 is 1.80 bits per heavy atom. The molecule has 4 aromatic rings. The first-order chi connectivity index (χ1) is 16.6. The summed E-state index contributed by atoms with van der Waals surface area (Å²) in [6.07, 6.45) is 1.60. The van der Waals surface area contributed by atoms with Crippen molar-refractivity contribution in [2.24, 2.45) is 14.1 Å². The Morgan fingerprint density at radius 1 is 1.09 bits per heavy atom. The normalized spacial score (nSPS) is 11.7. The Hall–Kier alpha value is -3.69. The van der Waals surface area contributed by atoms with Crippen LogP contribution in [0.2, 0.25) is 0 Å². The van der Waals surface area contributed by atoms with Gasteiger partial charge in [-0.2, -0.15) is 0 Å². The van der Waals surface area contributed by atoms with Gasteiger partial charge in [-0.05, 0) is 19.1 Å². The molecule has 0 aliphatic rings. The van der Waals surface area contributed by atoms with Gasteiger partial charge in [0, 0.05) is 27.1 Å². The van der Waals surface area contributed by atoms with Crippen LogP contribution in [-0.4, -0.2) is 49.8 Å². The fourth-order valence-electron chi connectivity index (χ4n) is 3.33. The number of carbonyl (C=O) groups excluding carboxylic acids is 1. The Labute approximate surface area is 203 Å². The molecule has 3 heterocycles. The Bertz CT molecular complexity index is 1630. The van der Waals surface area contributed by atoms with E-state index >= 15 is 0 Å². The van der Waals surface area contributed by atoms with Gasteiger partial charge in [0.1, 0.15) is 11.6 Å². The number of rotatable bonds is 8. The van der Waals surface area contributed by atoms with E-state index in [1.54, 1.807) is 12.1 Å². The lowest BCUT2D eigenvalue weighted by Gasteiger charge is -2.06. The highest BCUT2D eigenvalue weighted by atomic mass is 32.2. The maximum Gasteiger partial charge on any atom is 0.332 e. The molecular weight excluding hydrogens is 496 g/mol. The molecule has 4 rings (SSSR count). The van der Waals surface area contributed by atoms with Gasteiger partial charge in [-0.3, -0.25) is 24.0 Å². The van der Waals surface area contributed by atoms with Crippen LogP contribution in [0.5, 0.6) is 0 Å². The van der Waals surface area contributed by atoms with Gasteiger partial charge < -0.3 is 4.57 Å². The van der Waals surface area contributed by atoms with E-state index in [2.05, 4.69) is 25.2 Å². The molecule has 2 N–H and O–H groups in total. The smallest absolute Gasteiger partial charge is 0.315 e. The third-order valence-corrected chi connectivity index (χ3v) is 7.58. The zero-order valence-electron chi connectivity index (χ0n) is 19.0. The lowest BCUT2D eigenvalue weighted by Crippen LogP contribution is -2.37. The van der Waals surface area contributed by atoms with Gasteiger partial charge in [0.25, 0.3) is 5.56 Å². The molecule has 0 spiro atoms. The number of anilines is 1. The minimum absolute atomic E-state index is 0.113. The van der Waals surface area contributed by atoms with Crippen LogP contribution in [0.25, 0.3) is 11.2 Å². The SMILES string of the molecule is Cc1ccc(S(=O)(=O)NCCc2nnc(NC(=O)Cn3cnc4c3c(=O)n(C)c(=O)n4C)s2)cc1. The van der Waals surface area contributed by atoms with Gasteiger partial charge >= 0.3 is 5.69 Å². The van der Waals surface area contributed by atoms with Gasteiger partial charge in [-0.15, -0.1) is 10.2 Å². The van der Waals surface area contributed by atoms with E-state index in [1.807, 2.05) is 6.92 Å². The van der Waals surface area contributed by atoms with Crippen molar-refractivity contribution in [1.82, 2.24) is 33.6 Å². The van der Waals surface area contributed by atoms with Crippen LogP contribution in [0.15, 0.2) is 45.1 Å². The van der Waals surface area contributed by atoms with Crippen molar-refractivity contribution < 1.29 is 13.2 Å². The van der Waals surface area contributed by atoms with Crippen LogP contribution in [-0.2, 0) is 41.9 Å². The Kier molecular flexibility index (Phi) is 6.64. The second kappa shape index (κ2) is 9.52. The summed E-state index contributed by atoms with van der Waals surface area (Å²) in [5.74, 6) is -0.469. The third kappa shape index (κ3) is 5.06. The van der Waals surface area contributed by atoms with E-state index in [-0.39, 0.29) is 40.7 Å². The summed E-state index contributed by atoms with van der Waals surface area (Å²) in [5.41, 5.74) is 0.196. The molecule has 0 radical (unpaired) electrons. The number of hydrogen-bond acceptors (Lipinski definition) is 9. The Morgan fingerprint density at radius 3 is 2.51 bits per heavy atom. The van der Waals surface area contributed by atoms with Gasteiger partial charge in [0.15, 0.2) is 11.2 Å². The fraction of sp³-hybridized carbons (Fsp3) is 0.300. The molecule has 0 saturated carbocycles. The second-order valence-corrected chi connectivity index (χ2v) is 10.6. The van der Waals surface area contributed by atoms with Crippen molar-refractivity contribution in [3.05, 3.63) is 62.0 Å². The highest BCUT2D eigenvalue weighted by molar-refractivity contribution is 7.89. The van der Waals surface area contributed by atoms with E-state index < -0.39 is 27.2 Å². The molecule has 0 unspecified atom stereocenters. The summed E-state index contributed by atoms with van der Waals surface area (Å²) in [5, 5.41) is 11.3. The lowest BCUT2D eigenvalue weighted by atomic mass is 10.2. The number of aromatic nitrogens is 6. The highest BCUT2D eigenvalue weighted by Crippen LogP contribution is 2.16. The molecule has 35 heavy (non-hydrogen) atoms. The first kappa shape index (κ1) is 24.4. The maximum atomic E-state index is 12.5. The largest absolute Gasteiger partial charge is 0.332 e. The number of aryl methyl sites for hydroxylation is 2. The predicted octanol–water partition coefficient (Wildman–Crippen LogP) is -0.247. The van der Waals surface area contributed by atoms with E-state index in [9.17, 15) is 22.8 Å². The minimum atomic E-state index is -3.64. The Balaban J connectivity index is 1.37. The molecule has 0 aliphatic carbocycles. The summed E-state index contributed by atoms with van der Waals surface area (Å²) in [4.78, 5) is 41.3. The molecule has 0 atom stereocenters. The molecule has 1 amide bonds. The number of nitrogens with zero attached hydrogens (tertiary/aromatic N) is 6. The number of carbonyl (C=O) groups is 1. The minimum Gasteiger partial charge on any atom is -0.315 e. The average Bonchev–Trinajstić information content (AvgIpc) is 3.43. The van der Waals surface area contributed by atoms with Gasteiger partial charge in [-0.1, -0.05) is 29.0 Å². The van der Waals surface area contributed by atoms with Crippen molar-refractivity contribution in [3.63, 3.8) is 0 Å². The second-order valence-electron chi connectivity index (χ2n) is 7.76. The molecule has 13 nitrogen and oxygen atoms in total. The van der Waals surface area contributed by atoms with Crippen LogP contribution < -0.4 is 21.3 Å². The molecule has 0 saturated heterocycles. The van der Waals surface area contributed by atoms with Crippen LogP contribution in [0.3, 0.4) is 0 Å². The highest BCUT2D eigenvalue weighted by Gasteiger charge is 2.17. The molecule has 3 aromatic heterocycles. The number of nitrogens with one attached hydrogen (secondary N) is 2. The number of imidazole rings is 1. The van der Waals surface area contributed by atoms with Crippen LogP contribution in [0.4, 0.5) is 5.13 Å². The van der Waals surface area contributed by atoms with Crippen molar-refractivity contribution in [2.45, 2.75) is 24.8 Å². The lowest BCUT2D eigenvalue weighted by molar-refractivity contribution is -0.116. The van der Waals surface area contributed by atoms with Gasteiger partial charge in [0.2, 0.25) is 21.1 Å². The first-order valence-corrected chi connectivity index (χ1v) is 12.7. The summed E-state index contributed by atoms with van der Waals surface area (Å²) in [7, 11) is -0.796. The van der Waals surface area contributed by atoms with Gasteiger partial charge in [0.05, 0.1) is 11.2 Å². The van der Waals surface area contributed by atoms with Crippen molar-refractivity contribution >= 4 is 43.6 Å². The molecule has 0 aliphatic heterocycles. The summed E-state index contributed by atoms with van der Waals surface area (Å²) in [6, 6.07) is 6.52. The molecule has 0 bridgehead atoms. The number of amides is 1. The predicted molar refractivity (Wildman–Crippen MR) is 129 cm³/mol. The van der Waals surface area contributed by atoms with Gasteiger partial charge in [-0.25, -0.2) is 22.9 Å². The number of fused-ring (bicyclic) bond motifs is 1. The summed E-state index contributed by atoms with van der Waals surface area (Å²) < 4.78 is 30.8. The standard InChI is InChI=1S/C20H22N8O5S2/c1-12-4-6-13(7-5-12)35(32,33)22-9-8-15-24-25-19(34-15)23-14(29)10-28-11-21-17-16(28)18(30)27(3)20(31)26(17)2/h4-7,11,22H,8-10H2,1-3H3,(H,23,25,29). The molecule has 184 valence electrons. The monoisotopic (exact) mass is 518 g/mol. The number of benzene rings is 1. The van der Waals surface area contributed by atoms with Crippen LogP contribution in [0, 0.1) is 6.92 Å². The van der Waals surface area contributed by atoms with E-state index in [0.717, 1.165) is 21.5 Å². The maximum absolute atomic E-state index is 12.5. The number of sulfonamides is 1. The zero-order valence-corrected chi connectivity index (χ0v) is 20.7. The molecule has 0 fully saturated rings.